The van der Waals surface area contributed by atoms with Gasteiger partial charge in [0.05, 0.1) is 10.6 Å². The smallest absolute Gasteiger partial charge is 0.254 e. The van der Waals surface area contributed by atoms with Crippen LogP contribution in [0.5, 0.6) is 0 Å². The number of carbonyl (C=O) groups is 1. The second-order valence-electron chi connectivity index (χ2n) is 2.21. The highest BCUT2D eigenvalue weighted by Crippen LogP contribution is 2.23. The van der Waals surface area contributed by atoms with Crippen LogP contribution in [0.4, 0.5) is 5.00 Å². The van der Waals surface area contributed by atoms with Crippen LogP contribution in [0.25, 0.3) is 0 Å². The number of hydrogen-bond donors (Lipinski definition) is 2. The molecule has 1 amide bonds. The van der Waals surface area contributed by atoms with Gasteiger partial charge in [-0.25, -0.2) is 0 Å². The monoisotopic (exact) mass is 170 g/mol. The van der Waals surface area contributed by atoms with Crippen LogP contribution < -0.4 is 11.1 Å². The summed E-state index contributed by atoms with van der Waals surface area (Å²) < 4.78 is 0. The molecule has 60 valence electrons. The Kier molecular flexibility index (Phi) is 2.14. The molecular formula is C7H10N2OS. The Morgan fingerprint density at radius 2 is 2.36 bits per heavy atom. The SMILES string of the molecule is CNC(=O)c1cc(C)sc1N. The van der Waals surface area contributed by atoms with Crippen molar-refractivity contribution in [1.29, 1.82) is 0 Å². The Morgan fingerprint density at radius 1 is 1.73 bits per heavy atom. The topological polar surface area (TPSA) is 55.1 Å². The fourth-order valence-electron chi connectivity index (χ4n) is 0.844. The number of aryl methyl sites for hydroxylation is 1. The maximum atomic E-state index is 11.1. The Morgan fingerprint density at radius 3 is 2.73 bits per heavy atom. The molecule has 0 bridgehead atoms. The minimum Gasteiger partial charge on any atom is -0.390 e. The number of hydrogen-bond acceptors (Lipinski definition) is 3. The maximum Gasteiger partial charge on any atom is 0.254 e. The molecule has 0 saturated carbocycles. The molecule has 0 aliphatic carbocycles. The highest BCUT2D eigenvalue weighted by molar-refractivity contribution is 7.16. The molecule has 0 aromatic carbocycles. The van der Waals surface area contributed by atoms with E-state index in [1.54, 1.807) is 13.1 Å². The van der Waals surface area contributed by atoms with Crippen LogP contribution in [-0.4, -0.2) is 13.0 Å². The van der Waals surface area contributed by atoms with Gasteiger partial charge in [-0.2, -0.15) is 0 Å². The van der Waals surface area contributed by atoms with Crippen molar-refractivity contribution in [2.75, 3.05) is 12.8 Å². The summed E-state index contributed by atoms with van der Waals surface area (Å²) in [5.74, 6) is -0.119. The van der Waals surface area contributed by atoms with Crippen LogP contribution in [0.1, 0.15) is 15.2 Å². The molecule has 11 heavy (non-hydrogen) atoms. The summed E-state index contributed by atoms with van der Waals surface area (Å²) in [6.45, 7) is 1.92. The van der Waals surface area contributed by atoms with Crippen LogP contribution >= 0.6 is 11.3 Å². The van der Waals surface area contributed by atoms with Crippen LogP contribution in [0, 0.1) is 6.92 Å². The lowest BCUT2D eigenvalue weighted by molar-refractivity contribution is 0.0964. The quantitative estimate of drug-likeness (QED) is 0.660. The summed E-state index contributed by atoms with van der Waals surface area (Å²) in [4.78, 5) is 12.1. The summed E-state index contributed by atoms with van der Waals surface area (Å²) in [7, 11) is 1.59. The lowest BCUT2D eigenvalue weighted by Gasteiger charge is -1.95. The third-order valence-corrected chi connectivity index (χ3v) is 2.24. The van der Waals surface area contributed by atoms with Gasteiger partial charge in [-0.3, -0.25) is 4.79 Å². The van der Waals surface area contributed by atoms with E-state index < -0.39 is 0 Å². The van der Waals surface area contributed by atoms with Gasteiger partial charge < -0.3 is 11.1 Å². The highest BCUT2D eigenvalue weighted by atomic mass is 32.1. The number of nitrogens with one attached hydrogen (secondary N) is 1. The lowest BCUT2D eigenvalue weighted by atomic mass is 10.3. The van der Waals surface area contributed by atoms with Crippen molar-refractivity contribution >= 4 is 22.2 Å². The lowest BCUT2D eigenvalue weighted by Crippen LogP contribution is -2.17. The number of carbonyl (C=O) groups excluding carboxylic acids is 1. The van der Waals surface area contributed by atoms with Crippen molar-refractivity contribution in [2.24, 2.45) is 0 Å². The number of nitrogens with two attached hydrogens (primary N) is 1. The average molecular weight is 170 g/mol. The summed E-state index contributed by atoms with van der Waals surface area (Å²) in [5.41, 5.74) is 6.15. The molecule has 1 aromatic heterocycles. The number of anilines is 1. The first-order valence-corrected chi connectivity index (χ1v) is 4.04. The number of amides is 1. The third kappa shape index (κ3) is 1.51. The standard InChI is InChI=1S/C7H10N2OS/c1-4-3-5(6(8)11-4)7(10)9-2/h3H,8H2,1-2H3,(H,9,10). The van der Waals surface area contributed by atoms with Gasteiger partial charge in [0.25, 0.3) is 5.91 Å². The molecule has 4 heteroatoms. The summed E-state index contributed by atoms with van der Waals surface area (Å²) in [5, 5.41) is 3.11. The van der Waals surface area contributed by atoms with Gasteiger partial charge in [-0.1, -0.05) is 0 Å². The molecule has 0 spiro atoms. The Hall–Kier alpha value is -1.03. The van der Waals surface area contributed by atoms with Crippen LogP contribution in [-0.2, 0) is 0 Å². The predicted octanol–water partition coefficient (Wildman–Crippen LogP) is 0.998. The zero-order valence-electron chi connectivity index (χ0n) is 6.47. The van der Waals surface area contributed by atoms with Crippen molar-refractivity contribution in [1.82, 2.24) is 5.32 Å². The van der Waals surface area contributed by atoms with E-state index in [4.69, 9.17) is 5.73 Å². The maximum absolute atomic E-state index is 11.1. The Labute approximate surface area is 69.2 Å². The van der Waals surface area contributed by atoms with Crippen LogP contribution in [0.3, 0.4) is 0 Å². The number of thiophene rings is 1. The minimum absolute atomic E-state index is 0.119. The first kappa shape index (κ1) is 8.07. The molecule has 0 fully saturated rings. The van der Waals surface area contributed by atoms with Gasteiger partial charge in [0, 0.05) is 11.9 Å². The van der Waals surface area contributed by atoms with E-state index in [0.717, 1.165) is 4.88 Å². The molecule has 3 nitrogen and oxygen atoms in total. The van der Waals surface area contributed by atoms with Crippen molar-refractivity contribution in [2.45, 2.75) is 6.92 Å². The fourth-order valence-corrected chi connectivity index (χ4v) is 1.63. The van der Waals surface area contributed by atoms with Gasteiger partial charge >= 0.3 is 0 Å². The van der Waals surface area contributed by atoms with E-state index >= 15 is 0 Å². The van der Waals surface area contributed by atoms with Gasteiger partial charge in [0.1, 0.15) is 0 Å². The normalized spacial score (nSPS) is 9.64. The van der Waals surface area contributed by atoms with Gasteiger partial charge in [-0.15, -0.1) is 11.3 Å². The number of nitrogen functional groups attached to an aromatic ring is 1. The second kappa shape index (κ2) is 2.92. The minimum atomic E-state index is -0.119. The first-order valence-electron chi connectivity index (χ1n) is 3.23. The molecule has 0 unspecified atom stereocenters. The molecule has 3 N–H and O–H groups in total. The zero-order valence-corrected chi connectivity index (χ0v) is 7.29. The Balaban J connectivity index is 3.03. The number of rotatable bonds is 1. The molecule has 0 aliphatic heterocycles. The van der Waals surface area contributed by atoms with Crippen molar-refractivity contribution < 1.29 is 4.79 Å². The first-order chi connectivity index (χ1) is 5.15. The molecule has 1 heterocycles. The van der Waals surface area contributed by atoms with E-state index in [9.17, 15) is 4.79 Å². The van der Waals surface area contributed by atoms with Crippen molar-refractivity contribution in [3.05, 3.63) is 16.5 Å². The third-order valence-electron chi connectivity index (χ3n) is 1.36. The Bertz CT molecular complexity index is 280. The fraction of sp³-hybridized carbons (Fsp3) is 0.286. The van der Waals surface area contributed by atoms with E-state index in [1.807, 2.05) is 6.92 Å². The van der Waals surface area contributed by atoms with E-state index in [2.05, 4.69) is 5.32 Å². The second-order valence-corrected chi connectivity index (χ2v) is 3.50. The summed E-state index contributed by atoms with van der Waals surface area (Å²) >= 11 is 1.43. The van der Waals surface area contributed by atoms with Gasteiger partial charge in [0.2, 0.25) is 0 Å². The summed E-state index contributed by atoms with van der Waals surface area (Å²) in [6, 6.07) is 1.79. The van der Waals surface area contributed by atoms with E-state index in [0.29, 0.717) is 10.6 Å². The van der Waals surface area contributed by atoms with Crippen molar-refractivity contribution in [3.63, 3.8) is 0 Å². The van der Waals surface area contributed by atoms with E-state index in [1.165, 1.54) is 11.3 Å². The van der Waals surface area contributed by atoms with Crippen LogP contribution in [0.15, 0.2) is 6.07 Å². The molecule has 0 saturated heterocycles. The molecule has 1 rings (SSSR count). The van der Waals surface area contributed by atoms with E-state index in [-0.39, 0.29) is 5.91 Å². The molecule has 1 aromatic rings. The van der Waals surface area contributed by atoms with Gasteiger partial charge in [-0.05, 0) is 13.0 Å². The summed E-state index contributed by atoms with van der Waals surface area (Å²) in [6.07, 6.45) is 0. The molecular weight excluding hydrogens is 160 g/mol. The van der Waals surface area contributed by atoms with Crippen LogP contribution in [0.2, 0.25) is 0 Å². The highest BCUT2D eigenvalue weighted by Gasteiger charge is 2.09. The van der Waals surface area contributed by atoms with Gasteiger partial charge in [0.15, 0.2) is 0 Å². The molecule has 0 atom stereocenters. The largest absolute Gasteiger partial charge is 0.390 e. The van der Waals surface area contributed by atoms with Crippen molar-refractivity contribution in [3.8, 4) is 0 Å². The molecule has 0 radical (unpaired) electrons. The molecule has 0 aliphatic rings. The predicted molar refractivity (Wildman–Crippen MR) is 46.9 cm³/mol. The zero-order chi connectivity index (χ0) is 8.43. The average Bonchev–Trinajstić information content (AvgIpc) is 2.28.